The average Bonchev–Trinajstić information content (AvgIpc) is 2.84. The van der Waals surface area contributed by atoms with Crippen molar-refractivity contribution in [3.63, 3.8) is 0 Å². The number of likely N-dealkylation sites (tertiary alicyclic amines) is 1. The number of methoxy groups -OCH3 is 1. The molecule has 1 aliphatic heterocycles. The Labute approximate surface area is 132 Å². The molecule has 1 aliphatic rings. The Kier molecular flexibility index (Phi) is 5.29. The smallest absolute Gasteiger partial charge is 0.407 e. The summed E-state index contributed by atoms with van der Waals surface area (Å²) in [5, 5.41) is 2.95. The van der Waals surface area contributed by atoms with Crippen molar-refractivity contribution in [1.29, 1.82) is 0 Å². The summed E-state index contributed by atoms with van der Waals surface area (Å²) in [7, 11) is 1.67. The maximum Gasteiger partial charge on any atom is 0.407 e. The number of carbonyl (C=O) groups excluding carboxylic acids is 1. The largest absolute Gasteiger partial charge is 0.497 e. The molecule has 0 radical (unpaired) electrons. The van der Waals surface area contributed by atoms with Crippen molar-refractivity contribution in [2.45, 2.75) is 45.4 Å². The molecule has 0 saturated carbocycles. The fourth-order valence-corrected chi connectivity index (χ4v) is 2.56. The van der Waals surface area contributed by atoms with Gasteiger partial charge in [-0.3, -0.25) is 4.90 Å². The van der Waals surface area contributed by atoms with Crippen LogP contribution in [0.4, 0.5) is 4.79 Å². The normalized spacial score (nSPS) is 19.0. The zero-order valence-electron chi connectivity index (χ0n) is 13.9. The lowest BCUT2D eigenvalue weighted by Crippen LogP contribution is -2.40. The van der Waals surface area contributed by atoms with E-state index in [4.69, 9.17) is 9.47 Å². The zero-order chi connectivity index (χ0) is 16.2. The number of amides is 1. The molecule has 22 heavy (non-hydrogen) atoms. The molecule has 1 unspecified atom stereocenters. The highest BCUT2D eigenvalue weighted by Gasteiger charge is 2.26. The van der Waals surface area contributed by atoms with Crippen LogP contribution in [0.5, 0.6) is 5.75 Å². The van der Waals surface area contributed by atoms with Crippen LogP contribution in [0.1, 0.15) is 32.8 Å². The maximum absolute atomic E-state index is 11.8. The van der Waals surface area contributed by atoms with Crippen LogP contribution < -0.4 is 10.1 Å². The van der Waals surface area contributed by atoms with E-state index >= 15 is 0 Å². The van der Waals surface area contributed by atoms with Crippen molar-refractivity contribution in [1.82, 2.24) is 10.2 Å². The predicted molar refractivity (Wildman–Crippen MR) is 86.0 cm³/mol. The van der Waals surface area contributed by atoms with Crippen molar-refractivity contribution in [2.75, 3.05) is 20.2 Å². The molecule has 1 aromatic rings. The number of carbonyl (C=O) groups is 1. The van der Waals surface area contributed by atoms with Crippen LogP contribution in [-0.2, 0) is 11.3 Å². The number of rotatable bonds is 4. The standard InChI is InChI=1S/C17H26N2O3/c1-17(2,3)22-16(20)18-14-9-10-19(12-14)11-13-5-7-15(21-4)8-6-13/h5-8,14H,9-12H2,1-4H3,(H,18,20). The molecule has 1 N–H and O–H groups in total. The Balaban J connectivity index is 1.78. The van der Waals surface area contributed by atoms with Crippen molar-refractivity contribution in [3.05, 3.63) is 29.8 Å². The molecule has 0 spiro atoms. The first kappa shape index (κ1) is 16.6. The second kappa shape index (κ2) is 7.01. The van der Waals surface area contributed by atoms with Crippen LogP contribution in [0.25, 0.3) is 0 Å². The minimum Gasteiger partial charge on any atom is -0.497 e. The van der Waals surface area contributed by atoms with E-state index in [1.54, 1.807) is 7.11 Å². The van der Waals surface area contributed by atoms with E-state index in [1.165, 1.54) is 5.56 Å². The van der Waals surface area contributed by atoms with Gasteiger partial charge >= 0.3 is 6.09 Å². The van der Waals surface area contributed by atoms with Crippen LogP contribution in [0.15, 0.2) is 24.3 Å². The van der Waals surface area contributed by atoms with Gasteiger partial charge in [0, 0.05) is 25.7 Å². The highest BCUT2D eigenvalue weighted by molar-refractivity contribution is 5.68. The summed E-state index contributed by atoms with van der Waals surface area (Å²) < 4.78 is 10.5. The fraction of sp³-hybridized carbons (Fsp3) is 0.588. The molecule has 1 aromatic carbocycles. The van der Waals surface area contributed by atoms with Gasteiger partial charge < -0.3 is 14.8 Å². The van der Waals surface area contributed by atoms with E-state index in [0.717, 1.165) is 31.8 Å². The lowest BCUT2D eigenvalue weighted by Gasteiger charge is -2.22. The van der Waals surface area contributed by atoms with Crippen molar-refractivity contribution >= 4 is 6.09 Å². The Morgan fingerprint density at radius 2 is 2.00 bits per heavy atom. The van der Waals surface area contributed by atoms with Gasteiger partial charge in [0.05, 0.1) is 7.11 Å². The molecule has 1 heterocycles. The van der Waals surface area contributed by atoms with Gasteiger partial charge in [-0.25, -0.2) is 4.79 Å². The predicted octanol–water partition coefficient (Wildman–Crippen LogP) is 2.79. The van der Waals surface area contributed by atoms with Crippen LogP contribution >= 0.6 is 0 Å². The van der Waals surface area contributed by atoms with E-state index in [0.29, 0.717) is 0 Å². The lowest BCUT2D eigenvalue weighted by molar-refractivity contribution is 0.0506. The van der Waals surface area contributed by atoms with Gasteiger partial charge in [0.25, 0.3) is 0 Å². The Morgan fingerprint density at radius 1 is 1.32 bits per heavy atom. The van der Waals surface area contributed by atoms with Gasteiger partial charge in [0.15, 0.2) is 0 Å². The number of hydrogen-bond donors (Lipinski definition) is 1. The van der Waals surface area contributed by atoms with Crippen LogP contribution in [0.2, 0.25) is 0 Å². The molecule has 5 heteroatoms. The van der Waals surface area contributed by atoms with Crippen LogP contribution in [-0.4, -0.2) is 42.8 Å². The van der Waals surface area contributed by atoms with Gasteiger partial charge in [-0.15, -0.1) is 0 Å². The SMILES string of the molecule is COc1ccc(CN2CCC(NC(=O)OC(C)(C)C)C2)cc1. The first-order valence-corrected chi connectivity index (χ1v) is 7.70. The molecule has 1 saturated heterocycles. The van der Waals surface area contributed by atoms with E-state index in [1.807, 2.05) is 32.9 Å². The summed E-state index contributed by atoms with van der Waals surface area (Å²) in [4.78, 5) is 14.1. The molecule has 0 aliphatic carbocycles. The summed E-state index contributed by atoms with van der Waals surface area (Å²) in [5.74, 6) is 0.870. The number of nitrogens with one attached hydrogen (secondary N) is 1. The Hall–Kier alpha value is -1.75. The van der Waals surface area contributed by atoms with Crippen molar-refractivity contribution < 1.29 is 14.3 Å². The lowest BCUT2D eigenvalue weighted by atomic mass is 10.2. The second-order valence-corrected chi connectivity index (χ2v) is 6.72. The third-order valence-corrected chi connectivity index (χ3v) is 3.56. The molecule has 2 rings (SSSR count). The second-order valence-electron chi connectivity index (χ2n) is 6.72. The van der Waals surface area contributed by atoms with Gasteiger partial charge in [0.2, 0.25) is 0 Å². The number of benzene rings is 1. The van der Waals surface area contributed by atoms with Gasteiger partial charge in [0.1, 0.15) is 11.4 Å². The third kappa shape index (κ3) is 5.22. The van der Waals surface area contributed by atoms with Gasteiger partial charge in [-0.05, 0) is 44.9 Å². The molecule has 122 valence electrons. The fourth-order valence-electron chi connectivity index (χ4n) is 2.56. The summed E-state index contributed by atoms with van der Waals surface area (Å²) >= 11 is 0. The molecule has 5 nitrogen and oxygen atoms in total. The molecule has 1 amide bonds. The molecule has 1 fully saturated rings. The van der Waals surface area contributed by atoms with Crippen LogP contribution in [0.3, 0.4) is 0 Å². The minimum absolute atomic E-state index is 0.160. The number of alkyl carbamates (subject to hydrolysis) is 1. The van der Waals surface area contributed by atoms with Crippen molar-refractivity contribution in [2.24, 2.45) is 0 Å². The molecular formula is C17H26N2O3. The minimum atomic E-state index is -0.453. The van der Waals surface area contributed by atoms with E-state index in [-0.39, 0.29) is 12.1 Å². The van der Waals surface area contributed by atoms with Crippen LogP contribution in [0, 0.1) is 0 Å². The highest BCUT2D eigenvalue weighted by Crippen LogP contribution is 2.17. The summed E-state index contributed by atoms with van der Waals surface area (Å²) in [6.45, 7) is 8.33. The molecular weight excluding hydrogens is 280 g/mol. The quantitative estimate of drug-likeness (QED) is 0.929. The topological polar surface area (TPSA) is 50.8 Å². The summed E-state index contributed by atoms with van der Waals surface area (Å²) in [5.41, 5.74) is 0.796. The number of hydrogen-bond acceptors (Lipinski definition) is 4. The maximum atomic E-state index is 11.8. The Morgan fingerprint density at radius 3 is 2.59 bits per heavy atom. The van der Waals surface area contributed by atoms with E-state index in [9.17, 15) is 4.79 Å². The molecule has 1 atom stereocenters. The van der Waals surface area contributed by atoms with Gasteiger partial charge in [-0.2, -0.15) is 0 Å². The first-order chi connectivity index (χ1) is 10.4. The number of ether oxygens (including phenoxy) is 2. The molecule has 0 aromatic heterocycles. The van der Waals surface area contributed by atoms with E-state index in [2.05, 4.69) is 22.3 Å². The Bertz CT molecular complexity index is 494. The highest BCUT2D eigenvalue weighted by atomic mass is 16.6. The van der Waals surface area contributed by atoms with Crippen molar-refractivity contribution in [3.8, 4) is 5.75 Å². The third-order valence-electron chi connectivity index (χ3n) is 3.56. The molecule has 0 bridgehead atoms. The van der Waals surface area contributed by atoms with E-state index < -0.39 is 5.60 Å². The van der Waals surface area contributed by atoms with Gasteiger partial charge in [-0.1, -0.05) is 12.1 Å². The first-order valence-electron chi connectivity index (χ1n) is 7.70. The zero-order valence-corrected chi connectivity index (χ0v) is 13.9. The summed E-state index contributed by atoms with van der Waals surface area (Å²) in [6, 6.07) is 8.26. The monoisotopic (exact) mass is 306 g/mol. The average molecular weight is 306 g/mol. The summed E-state index contributed by atoms with van der Waals surface area (Å²) in [6.07, 6.45) is 0.624. The number of nitrogens with zero attached hydrogens (tertiary/aromatic N) is 1.